The molecular formula is C20H22N4O4S. The summed E-state index contributed by atoms with van der Waals surface area (Å²) in [6, 6.07) is 16.7. The maximum atomic E-state index is 12.3. The molecule has 8 nitrogen and oxygen atoms in total. The molecule has 0 radical (unpaired) electrons. The molecule has 2 aromatic carbocycles. The predicted octanol–water partition coefficient (Wildman–Crippen LogP) is 2.12. The number of carbonyl (C=O) groups excluding carboxylic acids is 1. The molecule has 1 N–H and O–H groups in total. The van der Waals surface area contributed by atoms with Crippen molar-refractivity contribution in [2.75, 3.05) is 12.8 Å². The summed E-state index contributed by atoms with van der Waals surface area (Å²) in [6.45, 7) is 1.82. The van der Waals surface area contributed by atoms with Crippen LogP contribution in [0.3, 0.4) is 0 Å². The summed E-state index contributed by atoms with van der Waals surface area (Å²) in [5.41, 5.74) is 2.73. The van der Waals surface area contributed by atoms with Crippen molar-refractivity contribution in [2.45, 2.75) is 20.0 Å². The van der Waals surface area contributed by atoms with E-state index in [0.717, 1.165) is 27.3 Å². The van der Waals surface area contributed by atoms with Crippen molar-refractivity contribution in [3.05, 3.63) is 71.6 Å². The van der Waals surface area contributed by atoms with E-state index in [0.29, 0.717) is 5.82 Å². The average molecular weight is 414 g/mol. The maximum Gasteiger partial charge on any atom is 0.246 e. The summed E-state index contributed by atoms with van der Waals surface area (Å²) in [5, 5.41) is 6.53. The molecule has 1 aromatic heterocycles. The summed E-state index contributed by atoms with van der Waals surface area (Å²) in [7, 11) is -3.56. The molecular weight excluding hydrogens is 392 g/mol. The number of amides is 1. The molecule has 29 heavy (non-hydrogen) atoms. The summed E-state index contributed by atoms with van der Waals surface area (Å²) in [6.07, 6.45) is 1.08. The van der Waals surface area contributed by atoms with Crippen LogP contribution in [0.2, 0.25) is 0 Å². The highest BCUT2D eigenvalue weighted by molar-refractivity contribution is 7.88. The van der Waals surface area contributed by atoms with Crippen LogP contribution in [0.25, 0.3) is 11.4 Å². The van der Waals surface area contributed by atoms with Gasteiger partial charge in [-0.05, 0) is 12.5 Å². The second-order valence-electron chi connectivity index (χ2n) is 6.67. The number of carbonyl (C=O) groups is 1. The van der Waals surface area contributed by atoms with Crippen molar-refractivity contribution >= 4 is 15.9 Å². The van der Waals surface area contributed by atoms with Crippen LogP contribution in [-0.4, -0.2) is 41.6 Å². The molecule has 1 amide bonds. The van der Waals surface area contributed by atoms with Crippen molar-refractivity contribution in [3.63, 3.8) is 0 Å². The van der Waals surface area contributed by atoms with Gasteiger partial charge in [0, 0.05) is 12.1 Å². The molecule has 152 valence electrons. The molecule has 0 bridgehead atoms. The van der Waals surface area contributed by atoms with Gasteiger partial charge in [0.1, 0.15) is 0 Å². The highest BCUT2D eigenvalue weighted by Crippen LogP contribution is 2.16. The van der Waals surface area contributed by atoms with Crippen molar-refractivity contribution in [3.8, 4) is 11.4 Å². The summed E-state index contributed by atoms with van der Waals surface area (Å²) in [5.74, 6) is 0.209. The van der Waals surface area contributed by atoms with Crippen LogP contribution >= 0.6 is 0 Å². The monoisotopic (exact) mass is 414 g/mol. The van der Waals surface area contributed by atoms with Gasteiger partial charge in [-0.3, -0.25) is 4.79 Å². The van der Waals surface area contributed by atoms with E-state index in [1.165, 1.54) is 0 Å². The van der Waals surface area contributed by atoms with Gasteiger partial charge < -0.3 is 9.84 Å². The van der Waals surface area contributed by atoms with Gasteiger partial charge in [0.05, 0.1) is 19.3 Å². The highest BCUT2D eigenvalue weighted by Gasteiger charge is 2.21. The van der Waals surface area contributed by atoms with E-state index in [1.54, 1.807) is 12.1 Å². The molecule has 3 rings (SSSR count). The minimum Gasteiger partial charge on any atom is -0.346 e. The molecule has 0 saturated carbocycles. The number of aryl methyl sites for hydroxylation is 1. The van der Waals surface area contributed by atoms with E-state index in [2.05, 4.69) is 15.5 Å². The van der Waals surface area contributed by atoms with Gasteiger partial charge in [-0.15, -0.1) is 0 Å². The van der Waals surface area contributed by atoms with Gasteiger partial charge in [0.25, 0.3) is 0 Å². The van der Waals surface area contributed by atoms with Crippen LogP contribution in [0.15, 0.2) is 59.1 Å². The summed E-state index contributed by atoms with van der Waals surface area (Å²) < 4.78 is 30.3. The Kier molecular flexibility index (Phi) is 6.40. The van der Waals surface area contributed by atoms with Crippen molar-refractivity contribution in [1.82, 2.24) is 19.8 Å². The first-order chi connectivity index (χ1) is 13.8. The van der Waals surface area contributed by atoms with E-state index in [9.17, 15) is 13.2 Å². The van der Waals surface area contributed by atoms with Crippen LogP contribution in [0.1, 0.15) is 17.0 Å². The largest absolute Gasteiger partial charge is 0.346 e. The Morgan fingerprint density at radius 3 is 2.45 bits per heavy atom. The molecule has 0 aliphatic carbocycles. The molecule has 0 aliphatic rings. The molecule has 0 unspecified atom stereocenters. The molecule has 3 aromatic rings. The minimum absolute atomic E-state index is 0.0145. The lowest BCUT2D eigenvalue weighted by Crippen LogP contribution is -2.39. The van der Waals surface area contributed by atoms with Crippen LogP contribution < -0.4 is 5.32 Å². The van der Waals surface area contributed by atoms with Crippen molar-refractivity contribution in [2.24, 2.45) is 0 Å². The van der Waals surface area contributed by atoms with Gasteiger partial charge in [-0.2, -0.15) is 9.29 Å². The SMILES string of the molecule is Cc1ccc(-c2noc(CNC(=O)CN(Cc3ccccc3)S(C)(=O)=O)n2)cc1. The minimum atomic E-state index is -3.56. The Morgan fingerprint density at radius 1 is 1.10 bits per heavy atom. The number of aromatic nitrogens is 2. The molecule has 0 spiro atoms. The lowest BCUT2D eigenvalue weighted by molar-refractivity contribution is -0.121. The summed E-state index contributed by atoms with van der Waals surface area (Å²) in [4.78, 5) is 16.5. The first kappa shape index (κ1) is 20.7. The van der Waals surface area contributed by atoms with Crippen molar-refractivity contribution < 1.29 is 17.7 Å². The van der Waals surface area contributed by atoms with E-state index in [-0.39, 0.29) is 25.5 Å². The lowest BCUT2D eigenvalue weighted by Gasteiger charge is -2.19. The second kappa shape index (κ2) is 8.97. The lowest BCUT2D eigenvalue weighted by atomic mass is 10.1. The Labute approximate surface area is 169 Å². The first-order valence-electron chi connectivity index (χ1n) is 8.96. The zero-order chi connectivity index (χ0) is 20.9. The Morgan fingerprint density at radius 2 is 1.79 bits per heavy atom. The molecule has 0 atom stereocenters. The van der Waals surface area contributed by atoms with Crippen molar-refractivity contribution in [1.29, 1.82) is 0 Å². The third kappa shape index (κ3) is 5.97. The smallest absolute Gasteiger partial charge is 0.246 e. The second-order valence-corrected chi connectivity index (χ2v) is 8.65. The standard InChI is InChI=1S/C20H22N4O4S/c1-15-8-10-17(11-9-15)20-22-19(28-23-20)12-21-18(25)14-24(29(2,26)27)13-16-6-4-3-5-7-16/h3-11H,12-14H2,1-2H3,(H,21,25). The van der Waals surface area contributed by atoms with E-state index < -0.39 is 15.9 Å². The number of hydrogen-bond donors (Lipinski definition) is 1. The molecule has 0 fully saturated rings. The fourth-order valence-corrected chi connectivity index (χ4v) is 3.35. The van der Waals surface area contributed by atoms with Gasteiger partial charge in [-0.25, -0.2) is 8.42 Å². The highest BCUT2D eigenvalue weighted by atomic mass is 32.2. The Balaban J connectivity index is 1.59. The fraction of sp³-hybridized carbons (Fsp3) is 0.250. The van der Waals surface area contributed by atoms with Crippen LogP contribution in [0.5, 0.6) is 0 Å². The first-order valence-corrected chi connectivity index (χ1v) is 10.8. The van der Waals surface area contributed by atoms with E-state index in [1.807, 2.05) is 49.4 Å². The fourth-order valence-electron chi connectivity index (χ4n) is 2.61. The van der Waals surface area contributed by atoms with Crippen LogP contribution in [-0.2, 0) is 27.9 Å². The van der Waals surface area contributed by atoms with Gasteiger partial charge in [-0.1, -0.05) is 65.3 Å². The van der Waals surface area contributed by atoms with E-state index in [4.69, 9.17) is 4.52 Å². The molecule has 9 heteroatoms. The van der Waals surface area contributed by atoms with Gasteiger partial charge >= 0.3 is 0 Å². The Hall–Kier alpha value is -3.04. The third-order valence-corrected chi connectivity index (χ3v) is 5.40. The maximum absolute atomic E-state index is 12.3. The quantitative estimate of drug-likeness (QED) is 0.605. The summed E-state index contributed by atoms with van der Waals surface area (Å²) >= 11 is 0. The normalized spacial score (nSPS) is 11.6. The Bertz CT molecular complexity index is 1060. The zero-order valence-electron chi connectivity index (χ0n) is 16.2. The van der Waals surface area contributed by atoms with Gasteiger partial charge in [0.2, 0.25) is 27.6 Å². The zero-order valence-corrected chi connectivity index (χ0v) is 17.0. The predicted molar refractivity (Wildman–Crippen MR) is 108 cm³/mol. The topological polar surface area (TPSA) is 105 Å². The average Bonchev–Trinajstić information content (AvgIpc) is 3.16. The number of benzene rings is 2. The van der Waals surface area contributed by atoms with Gasteiger partial charge in [0.15, 0.2) is 0 Å². The molecule has 1 heterocycles. The number of sulfonamides is 1. The van der Waals surface area contributed by atoms with Crippen LogP contribution in [0, 0.1) is 6.92 Å². The van der Waals surface area contributed by atoms with Crippen LogP contribution in [0.4, 0.5) is 0 Å². The van der Waals surface area contributed by atoms with E-state index >= 15 is 0 Å². The number of rotatable bonds is 8. The number of nitrogens with zero attached hydrogens (tertiary/aromatic N) is 3. The molecule has 0 saturated heterocycles. The third-order valence-electron chi connectivity index (χ3n) is 4.21. The molecule has 0 aliphatic heterocycles. The number of nitrogens with one attached hydrogen (secondary N) is 1. The number of hydrogen-bond acceptors (Lipinski definition) is 6.